The average Bonchev–Trinajstić information content (AvgIpc) is 3.20. The van der Waals surface area contributed by atoms with Crippen molar-refractivity contribution in [2.24, 2.45) is 0 Å². The molecule has 34 heavy (non-hydrogen) atoms. The molecule has 3 N–H and O–H groups in total. The molecule has 0 saturated carbocycles. The Balaban J connectivity index is 1.64. The van der Waals surface area contributed by atoms with Crippen LogP contribution in [0.5, 0.6) is 0 Å². The van der Waals surface area contributed by atoms with Crippen LogP contribution < -0.4 is 11.0 Å². The number of nitrogens with zero attached hydrogens (tertiary/aromatic N) is 4. The highest BCUT2D eigenvalue weighted by molar-refractivity contribution is 6.30. The summed E-state index contributed by atoms with van der Waals surface area (Å²) >= 11 is 5.97. The minimum absolute atomic E-state index is 0.325. The van der Waals surface area contributed by atoms with Crippen molar-refractivity contribution < 1.29 is 5.11 Å². The van der Waals surface area contributed by atoms with Crippen LogP contribution in [-0.2, 0) is 18.3 Å². The largest absolute Gasteiger partial charge is 0.388 e. The van der Waals surface area contributed by atoms with Crippen molar-refractivity contribution in [2.75, 3.05) is 11.9 Å². The van der Waals surface area contributed by atoms with Gasteiger partial charge in [0.15, 0.2) is 5.82 Å². The van der Waals surface area contributed by atoms with Gasteiger partial charge in [0.25, 0.3) is 0 Å². The summed E-state index contributed by atoms with van der Waals surface area (Å²) < 4.78 is 1.58. The summed E-state index contributed by atoms with van der Waals surface area (Å²) in [6.45, 7) is 6.80. The van der Waals surface area contributed by atoms with Crippen molar-refractivity contribution in [1.82, 2.24) is 24.6 Å². The second kappa shape index (κ2) is 9.95. The molecule has 0 bridgehead atoms. The van der Waals surface area contributed by atoms with Gasteiger partial charge in [0.2, 0.25) is 5.65 Å². The lowest BCUT2D eigenvalue weighted by atomic mass is 9.88. The van der Waals surface area contributed by atoms with Gasteiger partial charge in [-0.05, 0) is 48.6 Å². The number of aryl methyl sites for hydroxylation is 1. The Morgan fingerprint density at radius 2 is 1.94 bits per heavy atom. The van der Waals surface area contributed by atoms with Gasteiger partial charge in [-0.1, -0.05) is 50.6 Å². The van der Waals surface area contributed by atoms with Crippen LogP contribution in [0.1, 0.15) is 55.8 Å². The Hall–Kier alpha value is -3.23. The summed E-state index contributed by atoms with van der Waals surface area (Å²) in [5.74, 6) is 0.550. The zero-order valence-electron chi connectivity index (χ0n) is 19.5. The molecule has 0 radical (unpaired) electrons. The summed E-state index contributed by atoms with van der Waals surface area (Å²) in [4.78, 5) is 21.8. The van der Waals surface area contributed by atoms with Crippen LogP contribution in [-0.4, -0.2) is 36.2 Å². The molecular formula is C25H29ClN6O2. The molecule has 9 heteroatoms. The number of rotatable bonds is 8. The highest BCUT2D eigenvalue weighted by Crippen LogP contribution is 2.29. The molecule has 1 atom stereocenters. The summed E-state index contributed by atoms with van der Waals surface area (Å²) in [5.41, 5.74) is 3.20. The third kappa shape index (κ3) is 5.29. The molecule has 4 aromatic rings. The molecule has 0 amide bonds. The van der Waals surface area contributed by atoms with E-state index in [4.69, 9.17) is 16.6 Å². The normalized spacial score (nSPS) is 12.7. The van der Waals surface area contributed by atoms with E-state index in [1.165, 1.54) is 0 Å². The number of nitrogens with one attached hydrogen (secondary N) is 2. The van der Waals surface area contributed by atoms with E-state index in [0.717, 1.165) is 28.9 Å². The molecule has 0 saturated heterocycles. The maximum Gasteiger partial charge on any atom is 0.348 e. The Kier molecular flexibility index (Phi) is 7.00. The first-order valence-corrected chi connectivity index (χ1v) is 11.7. The van der Waals surface area contributed by atoms with Crippen LogP contribution in [0, 0.1) is 0 Å². The smallest absolute Gasteiger partial charge is 0.348 e. The molecule has 3 aromatic heterocycles. The number of pyridine rings is 1. The van der Waals surface area contributed by atoms with Crippen molar-refractivity contribution in [3.63, 3.8) is 0 Å². The third-order valence-electron chi connectivity index (χ3n) is 5.70. The number of benzene rings is 1. The first-order chi connectivity index (χ1) is 16.2. The predicted octanol–water partition coefficient (Wildman–Crippen LogP) is 4.08. The number of fused-ring (bicyclic) bond motifs is 1. The molecule has 1 unspecified atom stereocenters. The fourth-order valence-corrected chi connectivity index (χ4v) is 4.11. The SMILES string of the molecule is CC(C)(C)c1nc(NCCc2cccnc2)c2n[nH]c(=O)n2c1CCC(O)c1ccc(Cl)cc1. The van der Waals surface area contributed by atoms with Crippen LogP contribution in [0.4, 0.5) is 5.82 Å². The summed E-state index contributed by atoms with van der Waals surface area (Å²) in [6, 6.07) is 11.1. The molecule has 1 aromatic carbocycles. The monoisotopic (exact) mass is 480 g/mol. The van der Waals surface area contributed by atoms with Crippen LogP contribution in [0.2, 0.25) is 5.02 Å². The van der Waals surface area contributed by atoms with Crippen molar-refractivity contribution in [3.8, 4) is 0 Å². The van der Waals surface area contributed by atoms with Crippen molar-refractivity contribution in [3.05, 3.63) is 86.8 Å². The summed E-state index contributed by atoms with van der Waals surface area (Å²) in [7, 11) is 0. The van der Waals surface area contributed by atoms with Crippen molar-refractivity contribution in [2.45, 2.75) is 51.6 Å². The number of H-pyrrole nitrogens is 1. The highest BCUT2D eigenvalue weighted by Gasteiger charge is 2.26. The van der Waals surface area contributed by atoms with E-state index in [9.17, 15) is 9.90 Å². The van der Waals surface area contributed by atoms with E-state index in [2.05, 4.69) is 41.3 Å². The summed E-state index contributed by atoms with van der Waals surface area (Å²) in [6.07, 6.45) is 4.52. The van der Waals surface area contributed by atoms with Crippen molar-refractivity contribution >= 4 is 23.1 Å². The Labute approximate surface area is 203 Å². The quantitative estimate of drug-likeness (QED) is 0.350. The predicted molar refractivity (Wildman–Crippen MR) is 133 cm³/mol. The number of anilines is 1. The van der Waals surface area contributed by atoms with Gasteiger partial charge in [0, 0.05) is 29.4 Å². The second-order valence-corrected chi connectivity index (χ2v) is 9.77. The molecule has 0 aliphatic carbocycles. The first-order valence-electron chi connectivity index (χ1n) is 11.3. The highest BCUT2D eigenvalue weighted by atomic mass is 35.5. The van der Waals surface area contributed by atoms with Gasteiger partial charge in [-0.25, -0.2) is 19.3 Å². The molecular weight excluding hydrogens is 452 g/mol. The van der Waals surface area contributed by atoms with E-state index >= 15 is 0 Å². The molecule has 8 nitrogen and oxygen atoms in total. The Morgan fingerprint density at radius 3 is 2.62 bits per heavy atom. The van der Waals surface area contributed by atoms with Crippen LogP contribution in [0.25, 0.3) is 5.65 Å². The lowest BCUT2D eigenvalue weighted by Crippen LogP contribution is -2.25. The van der Waals surface area contributed by atoms with E-state index in [0.29, 0.717) is 35.9 Å². The molecule has 0 fully saturated rings. The molecule has 0 aliphatic heterocycles. The van der Waals surface area contributed by atoms with Crippen LogP contribution >= 0.6 is 11.6 Å². The minimum atomic E-state index is -0.694. The lowest BCUT2D eigenvalue weighted by Gasteiger charge is -2.24. The summed E-state index contributed by atoms with van der Waals surface area (Å²) in [5, 5.41) is 21.5. The number of aromatic nitrogens is 5. The van der Waals surface area contributed by atoms with Gasteiger partial charge in [-0.2, -0.15) is 0 Å². The molecule has 0 aliphatic rings. The van der Waals surface area contributed by atoms with Gasteiger partial charge in [-0.3, -0.25) is 4.98 Å². The van der Waals surface area contributed by atoms with Crippen LogP contribution in [0.15, 0.2) is 53.6 Å². The van der Waals surface area contributed by atoms with E-state index < -0.39 is 6.10 Å². The number of aliphatic hydroxyl groups excluding tert-OH is 1. The zero-order valence-corrected chi connectivity index (χ0v) is 20.3. The van der Waals surface area contributed by atoms with Gasteiger partial charge >= 0.3 is 5.69 Å². The molecule has 178 valence electrons. The topological polar surface area (TPSA) is 108 Å². The van der Waals surface area contributed by atoms with Crippen LogP contribution in [0.3, 0.4) is 0 Å². The van der Waals surface area contributed by atoms with Crippen molar-refractivity contribution in [1.29, 1.82) is 0 Å². The van der Waals surface area contributed by atoms with E-state index in [-0.39, 0.29) is 11.1 Å². The third-order valence-corrected chi connectivity index (χ3v) is 5.95. The zero-order chi connectivity index (χ0) is 24.3. The standard InChI is InChI=1S/C25H29ClN6O2/c1-25(2,3)21-19(10-11-20(33)17-6-8-18(26)9-7-17)32-23(30-31-24(32)34)22(29-21)28-14-12-16-5-4-13-27-15-16/h4-9,13,15,20,33H,10-12,14H2,1-3H3,(H,28,29)(H,31,34). The number of aliphatic hydroxyl groups is 1. The molecule has 4 rings (SSSR count). The molecule has 0 spiro atoms. The fraction of sp³-hybridized carbons (Fsp3) is 0.360. The number of hydrogen-bond acceptors (Lipinski definition) is 6. The van der Waals surface area contributed by atoms with Gasteiger partial charge in [-0.15, -0.1) is 5.10 Å². The maximum atomic E-state index is 12.8. The average molecular weight is 481 g/mol. The Bertz CT molecular complexity index is 1310. The number of halogens is 1. The van der Waals surface area contributed by atoms with Gasteiger partial charge in [0.1, 0.15) is 0 Å². The number of hydrogen-bond donors (Lipinski definition) is 3. The van der Waals surface area contributed by atoms with E-state index in [1.54, 1.807) is 22.7 Å². The maximum absolute atomic E-state index is 12.8. The molecule has 3 heterocycles. The fourth-order valence-electron chi connectivity index (χ4n) is 3.98. The Morgan fingerprint density at radius 1 is 1.18 bits per heavy atom. The van der Waals surface area contributed by atoms with Gasteiger partial charge < -0.3 is 10.4 Å². The van der Waals surface area contributed by atoms with Gasteiger partial charge in [0.05, 0.1) is 17.5 Å². The second-order valence-electron chi connectivity index (χ2n) is 9.34. The lowest BCUT2D eigenvalue weighted by molar-refractivity contribution is 0.167. The van der Waals surface area contributed by atoms with E-state index in [1.807, 2.05) is 30.5 Å². The minimum Gasteiger partial charge on any atom is -0.388 e. The first kappa shape index (κ1) is 23.9. The number of aromatic amines is 1.